The van der Waals surface area contributed by atoms with Crippen molar-refractivity contribution in [1.29, 1.82) is 0 Å². The number of allylic oxidation sites excluding steroid dienone is 12. The van der Waals surface area contributed by atoms with Crippen LogP contribution in [0, 0.1) is 0 Å². The van der Waals surface area contributed by atoms with Crippen LogP contribution in [0.25, 0.3) is 0 Å². The molecule has 0 aromatic rings. The number of hydrogen-bond donors (Lipinski definition) is 1. The minimum atomic E-state index is -1.52. The van der Waals surface area contributed by atoms with Crippen LogP contribution in [0.4, 0.5) is 0 Å². The third-order valence-corrected chi connectivity index (χ3v) is 10.9. The first kappa shape index (κ1) is 61.7. The van der Waals surface area contributed by atoms with Gasteiger partial charge in [0.25, 0.3) is 6.29 Å². The number of ether oxygens (including phenoxy) is 4. The third kappa shape index (κ3) is 48.5. The lowest BCUT2D eigenvalue weighted by Gasteiger charge is -2.25. The first-order chi connectivity index (χ1) is 31.6. The molecule has 0 heterocycles. The lowest BCUT2D eigenvalue weighted by molar-refractivity contribution is -0.870. The van der Waals surface area contributed by atoms with Crippen molar-refractivity contribution >= 4 is 17.9 Å². The molecule has 1 N–H and O–H groups in total. The van der Waals surface area contributed by atoms with E-state index in [0.29, 0.717) is 17.4 Å². The number of aliphatic carboxylic acids is 1. The second-order valence-corrected chi connectivity index (χ2v) is 18.4. The molecule has 0 aromatic heterocycles. The van der Waals surface area contributed by atoms with Crippen molar-refractivity contribution in [3.63, 3.8) is 0 Å². The molecule has 0 spiro atoms. The van der Waals surface area contributed by atoms with Crippen molar-refractivity contribution in [1.82, 2.24) is 0 Å². The molecular weight excluding hydrogens is 815 g/mol. The summed E-state index contributed by atoms with van der Waals surface area (Å²) in [7, 11) is 5.95. The Bertz CT molecular complexity index is 1290. The molecule has 9 heteroatoms. The molecule has 0 saturated heterocycles. The predicted octanol–water partition coefficient (Wildman–Crippen LogP) is 14.7. The summed E-state index contributed by atoms with van der Waals surface area (Å²) in [4.78, 5) is 37.3. The van der Waals surface area contributed by atoms with Gasteiger partial charge in [0.15, 0.2) is 6.10 Å². The largest absolute Gasteiger partial charge is 0.477 e. The van der Waals surface area contributed by atoms with Gasteiger partial charge in [0.1, 0.15) is 13.2 Å². The minimum Gasteiger partial charge on any atom is -0.477 e. The van der Waals surface area contributed by atoms with Crippen LogP contribution in [-0.2, 0) is 33.3 Å². The molecular formula is C56H98NO8+. The number of nitrogens with zero attached hydrogens (tertiary/aromatic N) is 1. The topological polar surface area (TPSA) is 108 Å². The second-order valence-electron chi connectivity index (χ2n) is 18.4. The predicted molar refractivity (Wildman–Crippen MR) is 272 cm³/mol. The van der Waals surface area contributed by atoms with Crippen LogP contribution in [0.2, 0.25) is 0 Å². The minimum absolute atomic E-state index is 0.181. The molecule has 0 aromatic carbocycles. The van der Waals surface area contributed by atoms with E-state index in [0.717, 1.165) is 89.9 Å². The average molecular weight is 913 g/mol. The Morgan fingerprint density at radius 3 is 1.31 bits per heavy atom. The van der Waals surface area contributed by atoms with Crippen LogP contribution in [0.15, 0.2) is 72.9 Å². The molecule has 9 nitrogen and oxygen atoms in total. The molecule has 2 atom stereocenters. The number of quaternary nitrogens is 1. The Morgan fingerprint density at radius 2 is 0.877 bits per heavy atom. The van der Waals surface area contributed by atoms with E-state index in [4.69, 9.17) is 18.9 Å². The maximum Gasteiger partial charge on any atom is 0.361 e. The number of rotatable bonds is 47. The Hall–Kier alpha value is -3.27. The molecule has 0 aliphatic heterocycles. The fraction of sp³-hybridized carbons (Fsp3) is 0.732. The van der Waals surface area contributed by atoms with E-state index in [9.17, 15) is 19.5 Å². The van der Waals surface area contributed by atoms with Gasteiger partial charge in [-0.05, 0) is 83.5 Å². The van der Waals surface area contributed by atoms with E-state index >= 15 is 0 Å². The van der Waals surface area contributed by atoms with E-state index < -0.39 is 24.3 Å². The van der Waals surface area contributed by atoms with Gasteiger partial charge in [0.2, 0.25) is 0 Å². The van der Waals surface area contributed by atoms with Crippen LogP contribution in [0.3, 0.4) is 0 Å². The molecule has 0 aliphatic rings. The molecule has 0 aliphatic carbocycles. The van der Waals surface area contributed by atoms with Crippen molar-refractivity contribution in [3.05, 3.63) is 72.9 Å². The van der Waals surface area contributed by atoms with Crippen LogP contribution >= 0.6 is 0 Å². The molecule has 0 saturated carbocycles. The van der Waals surface area contributed by atoms with Gasteiger partial charge in [-0.2, -0.15) is 0 Å². The smallest absolute Gasteiger partial charge is 0.361 e. The number of likely N-dealkylation sites (N-methyl/N-ethyl adjacent to an activating group) is 1. The highest BCUT2D eigenvalue weighted by atomic mass is 16.7. The summed E-state index contributed by atoms with van der Waals surface area (Å²) in [6.07, 6.45) is 56.7. The first-order valence-corrected chi connectivity index (χ1v) is 26.1. The number of carbonyl (C=O) groups is 3. The van der Waals surface area contributed by atoms with E-state index in [1.807, 2.05) is 21.1 Å². The van der Waals surface area contributed by atoms with Crippen LogP contribution in [-0.4, -0.2) is 87.4 Å². The number of carbonyl (C=O) groups excluding carboxylic acids is 2. The Morgan fingerprint density at radius 1 is 0.477 bits per heavy atom. The van der Waals surface area contributed by atoms with Crippen molar-refractivity contribution in [2.45, 2.75) is 219 Å². The van der Waals surface area contributed by atoms with Gasteiger partial charge in [-0.1, -0.05) is 183 Å². The number of carboxylic acid groups (broad SMARTS) is 1. The molecule has 2 unspecified atom stereocenters. The Balaban J connectivity index is 4.36. The molecule has 374 valence electrons. The highest BCUT2D eigenvalue weighted by Gasteiger charge is 2.25. The molecule has 0 fully saturated rings. The molecule has 0 amide bonds. The number of esters is 2. The quantitative estimate of drug-likeness (QED) is 0.0211. The van der Waals surface area contributed by atoms with Gasteiger partial charge < -0.3 is 28.5 Å². The summed E-state index contributed by atoms with van der Waals surface area (Å²) in [5.41, 5.74) is 0. The fourth-order valence-electron chi connectivity index (χ4n) is 6.92. The number of hydrogen-bond acceptors (Lipinski definition) is 7. The van der Waals surface area contributed by atoms with Gasteiger partial charge in [-0.25, -0.2) is 4.79 Å². The van der Waals surface area contributed by atoms with Crippen molar-refractivity contribution in [3.8, 4) is 0 Å². The van der Waals surface area contributed by atoms with Crippen molar-refractivity contribution in [2.75, 3.05) is 47.5 Å². The zero-order chi connectivity index (χ0) is 47.7. The fourth-order valence-corrected chi connectivity index (χ4v) is 6.92. The number of unbranched alkanes of at least 4 members (excludes halogenated alkanes) is 20. The van der Waals surface area contributed by atoms with Gasteiger partial charge in [0.05, 0.1) is 34.4 Å². The zero-order valence-corrected chi connectivity index (χ0v) is 42.4. The summed E-state index contributed by atoms with van der Waals surface area (Å²) in [6, 6.07) is 0. The SMILES string of the molecule is CC/C=C\C/C=C\C/C=C\CCCCCCCCCC(=O)OCC(COC(OCC[N+](C)(C)C)C(=O)O)OC(=O)CCCCCCCCCC/C=C\C/C=C\C/C=C\CCCCCCC. The summed E-state index contributed by atoms with van der Waals surface area (Å²) in [5.74, 6) is -2.03. The lowest BCUT2D eigenvalue weighted by Crippen LogP contribution is -2.40. The van der Waals surface area contributed by atoms with Gasteiger partial charge in [-0.15, -0.1) is 0 Å². The van der Waals surface area contributed by atoms with E-state index in [-0.39, 0.29) is 38.6 Å². The van der Waals surface area contributed by atoms with Crippen LogP contribution in [0.5, 0.6) is 0 Å². The standard InChI is InChI=1S/C56H97NO8/c1-6-8-10-12-14-16-18-20-22-24-25-26-27-28-29-31-33-35-37-39-41-43-45-47-54(59)65-52(51-64-56(55(60)61)62-49-48-57(3,4)5)50-63-53(58)46-44-42-40-38-36-34-32-30-23-21-19-17-15-13-11-9-7-2/h9,11,15,17-18,20-21,23-25,27-28,52,56H,6-8,10,12-14,16,19,22,26,29-51H2,1-5H3/p+1/b11-9-,17-15-,20-18-,23-21-,25-24-,28-27-. The second kappa shape index (κ2) is 47.2. The van der Waals surface area contributed by atoms with Crippen molar-refractivity contribution < 1.29 is 42.9 Å². The average Bonchev–Trinajstić information content (AvgIpc) is 3.27. The maximum absolute atomic E-state index is 12.8. The Kier molecular flexibility index (Phi) is 44.9. The summed E-state index contributed by atoms with van der Waals surface area (Å²) < 4.78 is 22.8. The summed E-state index contributed by atoms with van der Waals surface area (Å²) in [5, 5.41) is 9.67. The first-order valence-electron chi connectivity index (χ1n) is 26.1. The highest BCUT2D eigenvalue weighted by molar-refractivity contribution is 5.71. The lowest BCUT2D eigenvalue weighted by atomic mass is 10.1. The Labute approximate surface area is 398 Å². The summed E-state index contributed by atoms with van der Waals surface area (Å²) in [6.45, 7) is 4.73. The van der Waals surface area contributed by atoms with Gasteiger partial charge in [-0.3, -0.25) is 9.59 Å². The third-order valence-electron chi connectivity index (χ3n) is 10.9. The monoisotopic (exact) mass is 913 g/mol. The van der Waals surface area contributed by atoms with E-state index in [1.54, 1.807) is 0 Å². The molecule has 0 rings (SSSR count). The maximum atomic E-state index is 12.8. The van der Waals surface area contributed by atoms with Gasteiger partial charge in [0, 0.05) is 12.8 Å². The highest BCUT2D eigenvalue weighted by Crippen LogP contribution is 2.14. The normalized spacial score (nSPS) is 13.4. The van der Waals surface area contributed by atoms with Crippen LogP contribution < -0.4 is 0 Å². The number of carboxylic acids is 1. The zero-order valence-electron chi connectivity index (χ0n) is 42.4. The van der Waals surface area contributed by atoms with E-state index in [2.05, 4.69) is 86.8 Å². The van der Waals surface area contributed by atoms with E-state index in [1.165, 1.54) is 83.5 Å². The molecule has 0 radical (unpaired) electrons. The molecule has 65 heavy (non-hydrogen) atoms. The van der Waals surface area contributed by atoms with Crippen LogP contribution in [0.1, 0.15) is 206 Å². The molecule has 0 bridgehead atoms. The van der Waals surface area contributed by atoms with Gasteiger partial charge >= 0.3 is 17.9 Å². The van der Waals surface area contributed by atoms with Crippen molar-refractivity contribution in [2.24, 2.45) is 0 Å². The summed E-state index contributed by atoms with van der Waals surface area (Å²) >= 11 is 0.